The van der Waals surface area contributed by atoms with Crippen LogP contribution in [0, 0.1) is 0 Å². The number of carbonyl (C=O) groups is 1. The standard InChI is InChI=1S/C24H33N3O2/c1-26(23(28)15-18-17-25-20-8-3-2-7-19(18)20)21-9-11-24(10-6-14-29-24)16-22(21)27-12-4-5-13-27/h2-3,7-8,17,21-22,25H,4-6,9-16H2,1H3. The van der Waals surface area contributed by atoms with Crippen LogP contribution in [0.15, 0.2) is 30.5 Å². The molecule has 3 heterocycles. The maximum Gasteiger partial charge on any atom is 0.227 e. The van der Waals surface area contributed by atoms with Crippen molar-refractivity contribution in [3.8, 4) is 0 Å². The van der Waals surface area contributed by atoms with Gasteiger partial charge in [-0.15, -0.1) is 0 Å². The molecule has 1 spiro atoms. The minimum atomic E-state index is 0.0739. The SMILES string of the molecule is CN(C(=O)Cc1c[nH]c2ccccc12)C1CCC2(CCCO2)CC1N1CCCC1. The third-order valence-electron chi connectivity index (χ3n) is 7.62. The summed E-state index contributed by atoms with van der Waals surface area (Å²) in [6.45, 7) is 3.25. The van der Waals surface area contributed by atoms with E-state index in [-0.39, 0.29) is 11.5 Å². The van der Waals surface area contributed by atoms with Crippen molar-refractivity contribution in [1.29, 1.82) is 0 Å². The molecule has 5 heteroatoms. The fourth-order valence-corrected chi connectivity index (χ4v) is 5.98. The Labute approximate surface area is 173 Å². The lowest BCUT2D eigenvalue weighted by Gasteiger charge is -2.48. The number of amides is 1. The molecule has 29 heavy (non-hydrogen) atoms. The lowest BCUT2D eigenvalue weighted by molar-refractivity contribution is -0.136. The van der Waals surface area contributed by atoms with Gasteiger partial charge < -0.3 is 14.6 Å². The van der Waals surface area contributed by atoms with E-state index < -0.39 is 0 Å². The average molecular weight is 396 g/mol. The van der Waals surface area contributed by atoms with Gasteiger partial charge in [0.05, 0.1) is 12.0 Å². The number of ether oxygens (including phenoxy) is 1. The van der Waals surface area contributed by atoms with Gasteiger partial charge in [0.15, 0.2) is 0 Å². The Kier molecular flexibility index (Phi) is 5.12. The van der Waals surface area contributed by atoms with Gasteiger partial charge in [-0.3, -0.25) is 9.69 Å². The zero-order valence-electron chi connectivity index (χ0n) is 17.5. The summed E-state index contributed by atoms with van der Waals surface area (Å²) in [7, 11) is 2.03. The lowest BCUT2D eigenvalue weighted by Crippen LogP contribution is -2.58. The molecule has 3 atom stereocenters. The predicted molar refractivity (Wildman–Crippen MR) is 115 cm³/mol. The van der Waals surface area contributed by atoms with Gasteiger partial charge in [0.25, 0.3) is 0 Å². The number of hydrogen-bond donors (Lipinski definition) is 1. The Balaban J connectivity index is 1.34. The quantitative estimate of drug-likeness (QED) is 0.858. The molecule has 0 radical (unpaired) electrons. The number of carbonyl (C=O) groups excluding carboxylic acids is 1. The Bertz CT molecular complexity index is 864. The van der Waals surface area contributed by atoms with E-state index in [1.165, 1.54) is 38.8 Å². The highest BCUT2D eigenvalue weighted by Crippen LogP contribution is 2.43. The smallest absolute Gasteiger partial charge is 0.227 e. The van der Waals surface area contributed by atoms with E-state index in [4.69, 9.17) is 4.74 Å². The summed E-state index contributed by atoms with van der Waals surface area (Å²) < 4.78 is 6.26. The molecule has 3 aliphatic rings. The van der Waals surface area contributed by atoms with Crippen molar-refractivity contribution < 1.29 is 9.53 Å². The van der Waals surface area contributed by atoms with Crippen LogP contribution in [0.25, 0.3) is 10.9 Å². The molecule has 1 amide bonds. The highest BCUT2D eigenvalue weighted by molar-refractivity contribution is 5.88. The van der Waals surface area contributed by atoms with Crippen molar-refractivity contribution in [2.24, 2.45) is 0 Å². The predicted octanol–water partition coefficient (Wildman–Crippen LogP) is 3.73. The van der Waals surface area contributed by atoms with E-state index in [1.54, 1.807) is 0 Å². The number of H-pyrrole nitrogens is 1. The number of nitrogens with zero attached hydrogens (tertiary/aromatic N) is 2. The first-order chi connectivity index (χ1) is 14.2. The van der Waals surface area contributed by atoms with Crippen molar-refractivity contribution in [3.05, 3.63) is 36.0 Å². The third kappa shape index (κ3) is 3.59. The minimum Gasteiger partial charge on any atom is -0.375 e. The molecule has 3 unspecified atom stereocenters. The molecule has 1 aliphatic carbocycles. The summed E-state index contributed by atoms with van der Waals surface area (Å²) in [6.07, 6.45) is 10.6. The van der Waals surface area contributed by atoms with Gasteiger partial charge in [0.2, 0.25) is 5.91 Å². The van der Waals surface area contributed by atoms with E-state index in [0.29, 0.717) is 18.5 Å². The third-order valence-corrected chi connectivity index (χ3v) is 7.62. The molecule has 1 saturated carbocycles. The topological polar surface area (TPSA) is 48.6 Å². The number of aromatic nitrogens is 1. The lowest BCUT2D eigenvalue weighted by atomic mass is 9.76. The number of fused-ring (bicyclic) bond motifs is 1. The molecule has 5 nitrogen and oxygen atoms in total. The van der Waals surface area contributed by atoms with Crippen LogP contribution in [0.3, 0.4) is 0 Å². The van der Waals surface area contributed by atoms with E-state index in [2.05, 4.69) is 26.9 Å². The molecule has 1 aromatic carbocycles. The van der Waals surface area contributed by atoms with E-state index in [1.807, 2.05) is 25.4 Å². The Morgan fingerprint density at radius 2 is 2.07 bits per heavy atom. The summed E-state index contributed by atoms with van der Waals surface area (Å²) in [5, 5.41) is 1.16. The van der Waals surface area contributed by atoms with Crippen molar-refractivity contribution in [2.75, 3.05) is 26.7 Å². The van der Waals surface area contributed by atoms with Gasteiger partial charge in [-0.05, 0) is 69.7 Å². The number of nitrogens with one attached hydrogen (secondary N) is 1. The molecular formula is C24H33N3O2. The van der Waals surface area contributed by atoms with Gasteiger partial charge >= 0.3 is 0 Å². The van der Waals surface area contributed by atoms with Gasteiger partial charge in [-0.2, -0.15) is 0 Å². The summed E-state index contributed by atoms with van der Waals surface area (Å²) in [5.74, 6) is 0.229. The molecule has 156 valence electrons. The fourth-order valence-electron chi connectivity index (χ4n) is 5.98. The zero-order chi connectivity index (χ0) is 19.8. The van der Waals surface area contributed by atoms with Gasteiger partial charge in [0, 0.05) is 42.8 Å². The number of para-hydroxylation sites is 1. The summed E-state index contributed by atoms with van der Waals surface area (Å²) in [4.78, 5) is 21.3. The highest BCUT2D eigenvalue weighted by atomic mass is 16.5. The van der Waals surface area contributed by atoms with Gasteiger partial charge in [0.1, 0.15) is 0 Å². The second kappa shape index (κ2) is 7.77. The van der Waals surface area contributed by atoms with Gasteiger partial charge in [-0.25, -0.2) is 0 Å². The Hall–Kier alpha value is -1.85. The first kappa shape index (κ1) is 19.1. The van der Waals surface area contributed by atoms with Crippen LogP contribution < -0.4 is 0 Å². The maximum absolute atomic E-state index is 13.3. The molecule has 2 aliphatic heterocycles. The fraction of sp³-hybridized carbons (Fsp3) is 0.625. The molecule has 0 bridgehead atoms. The van der Waals surface area contributed by atoms with Gasteiger partial charge in [-0.1, -0.05) is 18.2 Å². The van der Waals surface area contributed by atoms with Crippen LogP contribution in [0.2, 0.25) is 0 Å². The first-order valence-electron chi connectivity index (χ1n) is 11.3. The number of rotatable bonds is 4. The minimum absolute atomic E-state index is 0.0739. The molecule has 2 aromatic rings. The molecule has 1 N–H and O–H groups in total. The number of likely N-dealkylation sites (N-methyl/N-ethyl adjacent to an activating group) is 1. The Morgan fingerprint density at radius 1 is 1.24 bits per heavy atom. The summed E-state index contributed by atoms with van der Waals surface area (Å²) in [6, 6.07) is 8.96. The normalized spacial score (nSPS) is 30.4. The highest BCUT2D eigenvalue weighted by Gasteiger charge is 2.47. The van der Waals surface area contributed by atoms with Crippen molar-refractivity contribution in [2.45, 2.75) is 69.1 Å². The second-order valence-corrected chi connectivity index (χ2v) is 9.30. The zero-order valence-corrected chi connectivity index (χ0v) is 17.5. The van der Waals surface area contributed by atoms with Crippen molar-refractivity contribution in [3.63, 3.8) is 0 Å². The molecular weight excluding hydrogens is 362 g/mol. The molecule has 5 rings (SSSR count). The van der Waals surface area contributed by atoms with Crippen LogP contribution >= 0.6 is 0 Å². The van der Waals surface area contributed by atoms with E-state index >= 15 is 0 Å². The van der Waals surface area contributed by atoms with E-state index in [0.717, 1.165) is 42.3 Å². The Morgan fingerprint density at radius 3 is 2.86 bits per heavy atom. The number of aromatic amines is 1. The van der Waals surface area contributed by atoms with E-state index in [9.17, 15) is 4.79 Å². The van der Waals surface area contributed by atoms with Crippen LogP contribution in [0.5, 0.6) is 0 Å². The number of benzene rings is 1. The molecule has 2 saturated heterocycles. The van der Waals surface area contributed by atoms with Crippen molar-refractivity contribution in [1.82, 2.24) is 14.8 Å². The summed E-state index contributed by atoms with van der Waals surface area (Å²) >= 11 is 0. The second-order valence-electron chi connectivity index (χ2n) is 9.30. The van der Waals surface area contributed by atoms with Crippen molar-refractivity contribution >= 4 is 16.8 Å². The maximum atomic E-state index is 13.3. The molecule has 1 aromatic heterocycles. The molecule has 3 fully saturated rings. The van der Waals surface area contributed by atoms with Crippen LogP contribution in [-0.4, -0.2) is 65.1 Å². The van der Waals surface area contributed by atoms with Crippen LogP contribution in [-0.2, 0) is 16.0 Å². The summed E-state index contributed by atoms with van der Waals surface area (Å²) in [5.41, 5.74) is 2.28. The number of hydrogen-bond acceptors (Lipinski definition) is 3. The monoisotopic (exact) mass is 395 g/mol. The van der Waals surface area contributed by atoms with Crippen LogP contribution in [0.1, 0.15) is 50.5 Å². The van der Waals surface area contributed by atoms with Crippen LogP contribution in [0.4, 0.5) is 0 Å². The number of likely N-dealkylation sites (tertiary alicyclic amines) is 1. The largest absolute Gasteiger partial charge is 0.375 e. The average Bonchev–Trinajstić information content (AvgIpc) is 3.50. The first-order valence-corrected chi connectivity index (χ1v) is 11.3.